The lowest BCUT2D eigenvalue weighted by atomic mass is 9.94. The van der Waals surface area contributed by atoms with E-state index in [2.05, 4.69) is 0 Å². The van der Waals surface area contributed by atoms with Gasteiger partial charge in [-0.25, -0.2) is 17.9 Å². The highest BCUT2D eigenvalue weighted by atomic mass is 32.2. The molecule has 0 atom stereocenters. The molecule has 25 heavy (non-hydrogen) atoms. The summed E-state index contributed by atoms with van der Waals surface area (Å²) >= 11 is 0. The topological polar surface area (TPSA) is 69.4 Å². The third-order valence-electron chi connectivity index (χ3n) is 3.88. The van der Waals surface area contributed by atoms with Crippen molar-refractivity contribution < 1.29 is 17.5 Å². The summed E-state index contributed by atoms with van der Waals surface area (Å²) in [5.74, 6) is -0.266. The first kappa shape index (κ1) is 17.1. The number of rotatable bonds is 4. The first-order valence-electron chi connectivity index (χ1n) is 7.46. The Labute approximate surface area is 145 Å². The van der Waals surface area contributed by atoms with E-state index in [0.29, 0.717) is 0 Å². The van der Waals surface area contributed by atoms with Gasteiger partial charge in [-0.1, -0.05) is 42.5 Å². The quantitative estimate of drug-likeness (QED) is 0.772. The summed E-state index contributed by atoms with van der Waals surface area (Å²) in [6.07, 6.45) is 0. The molecule has 0 saturated carbocycles. The molecule has 0 saturated heterocycles. The molecule has 0 radical (unpaired) electrons. The molecule has 3 aromatic rings. The Morgan fingerprint density at radius 1 is 0.880 bits per heavy atom. The van der Waals surface area contributed by atoms with Crippen LogP contribution in [0, 0.1) is 5.82 Å². The van der Waals surface area contributed by atoms with Crippen LogP contribution in [0.25, 0.3) is 22.3 Å². The average molecular weight is 357 g/mol. The molecule has 0 aliphatic carbocycles. The SMILES string of the molecule is COc1cc(-c2ccccc2-c2ccc(S(N)(=O)=O)cc2)ccc1F. The molecule has 2 N–H and O–H groups in total. The normalized spacial score (nSPS) is 11.3. The summed E-state index contributed by atoms with van der Waals surface area (Å²) in [7, 11) is -2.32. The first-order chi connectivity index (χ1) is 11.9. The van der Waals surface area contributed by atoms with Gasteiger partial charge >= 0.3 is 0 Å². The molecule has 0 unspecified atom stereocenters. The van der Waals surface area contributed by atoms with Crippen LogP contribution in [0.2, 0.25) is 0 Å². The largest absolute Gasteiger partial charge is 0.494 e. The van der Waals surface area contributed by atoms with Crippen LogP contribution in [0.15, 0.2) is 71.6 Å². The number of ether oxygens (including phenoxy) is 1. The Hall–Kier alpha value is -2.70. The second kappa shape index (κ2) is 6.66. The maximum atomic E-state index is 13.7. The van der Waals surface area contributed by atoms with Crippen molar-refractivity contribution >= 4 is 10.0 Å². The van der Waals surface area contributed by atoms with Crippen LogP contribution in [-0.4, -0.2) is 15.5 Å². The van der Waals surface area contributed by atoms with Gasteiger partial charge in [-0.3, -0.25) is 0 Å². The van der Waals surface area contributed by atoms with Crippen molar-refractivity contribution in [1.29, 1.82) is 0 Å². The summed E-state index contributed by atoms with van der Waals surface area (Å²) in [4.78, 5) is 0.0529. The molecule has 0 aliphatic rings. The van der Waals surface area contributed by atoms with Gasteiger partial charge < -0.3 is 4.74 Å². The van der Waals surface area contributed by atoms with E-state index in [1.165, 1.54) is 25.3 Å². The predicted octanol–water partition coefficient (Wildman–Crippen LogP) is 3.82. The van der Waals surface area contributed by atoms with Crippen LogP contribution >= 0.6 is 0 Å². The fourth-order valence-corrected chi connectivity index (χ4v) is 3.15. The van der Waals surface area contributed by atoms with Crippen LogP contribution in [0.3, 0.4) is 0 Å². The van der Waals surface area contributed by atoms with Crippen LogP contribution in [0.5, 0.6) is 5.75 Å². The second-order valence-corrected chi connectivity index (χ2v) is 7.03. The minimum Gasteiger partial charge on any atom is -0.494 e. The van der Waals surface area contributed by atoms with E-state index in [1.54, 1.807) is 24.3 Å². The van der Waals surface area contributed by atoms with E-state index < -0.39 is 15.8 Å². The molecule has 6 heteroatoms. The third-order valence-corrected chi connectivity index (χ3v) is 4.81. The van der Waals surface area contributed by atoms with Crippen molar-refractivity contribution in [1.82, 2.24) is 0 Å². The second-order valence-electron chi connectivity index (χ2n) is 5.46. The number of hydrogen-bond acceptors (Lipinski definition) is 3. The molecule has 0 spiro atoms. The molecule has 0 fully saturated rings. The molecular weight excluding hydrogens is 341 g/mol. The molecule has 0 aromatic heterocycles. The molecule has 0 bridgehead atoms. The highest BCUT2D eigenvalue weighted by molar-refractivity contribution is 7.89. The highest BCUT2D eigenvalue weighted by Crippen LogP contribution is 2.34. The summed E-state index contributed by atoms with van der Waals surface area (Å²) < 4.78 is 41.5. The van der Waals surface area contributed by atoms with E-state index in [0.717, 1.165) is 22.3 Å². The molecule has 0 heterocycles. The lowest BCUT2D eigenvalue weighted by molar-refractivity contribution is 0.387. The Kier molecular flexibility index (Phi) is 4.57. The number of benzene rings is 3. The zero-order valence-corrected chi connectivity index (χ0v) is 14.3. The third kappa shape index (κ3) is 3.55. The molecule has 4 nitrogen and oxygen atoms in total. The van der Waals surface area contributed by atoms with Crippen molar-refractivity contribution in [2.45, 2.75) is 4.90 Å². The van der Waals surface area contributed by atoms with Gasteiger partial charge in [0.05, 0.1) is 12.0 Å². The summed E-state index contributed by atoms with van der Waals surface area (Å²) in [5.41, 5.74) is 3.39. The average Bonchev–Trinajstić information content (AvgIpc) is 2.61. The van der Waals surface area contributed by atoms with Crippen molar-refractivity contribution in [3.05, 3.63) is 72.5 Å². The van der Waals surface area contributed by atoms with Crippen molar-refractivity contribution in [2.75, 3.05) is 7.11 Å². The van der Waals surface area contributed by atoms with Gasteiger partial charge in [-0.15, -0.1) is 0 Å². The van der Waals surface area contributed by atoms with Gasteiger partial charge in [0.15, 0.2) is 11.6 Å². The van der Waals surface area contributed by atoms with Gasteiger partial charge in [-0.05, 0) is 46.5 Å². The van der Waals surface area contributed by atoms with Gasteiger partial charge in [0.1, 0.15) is 0 Å². The number of sulfonamides is 1. The molecular formula is C19H16FNO3S. The minimum absolute atomic E-state index is 0.0529. The summed E-state index contributed by atoms with van der Waals surface area (Å²) in [6.45, 7) is 0. The molecule has 3 aromatic carbocycles. The molecule has 128 valence electrons. The van der Waals surface area contributed by atoms with Gasteiger partial charge in [0.2, 0.25) is 10.0 Å². The van der Waals surface area contributed by atoms with E-state index >= 15 is 0 Å². The Morgan fingerprint density at radius 3 is 2.00 bits per heavy atom. The molecule has 0 aliphatic heterocycles. The van der Waals surface area contributed by atoms with Crippen molar-refractivity contribution in [3.63, 3.8) is 0 Å². The van der Waals surface area contributed by atoms with Gasteiger partial charge in [0, 0.05) is 0 Å². The maximum Gasteiger partial charge on any atom is 0.238 e. The van der Waals surface area contributed by atoms with Gasteiger partial charge in [0.25, 0.3) is 0 Å². The number of nitrogens with two attached hydrogens (primary N) is 1. The monoisotopic (exact) mass is 357 g/mol. The Morgan fingerprint density at radius 2 is 1.44 bits per heavy atom. The van der Waals surface area contributed by atoms with E-state index in [9.17, 15) is 12.8 Å². The standard InChI is InChI=1S/C19H16FNO3S/c1-24-19-12-14(8-11-18(19)20)17-5-3-2-4-16(17)13-6-9-15(10-7-13)25(21,22)23/h2-12H,1H3,(H2,21,22,23). The summed E-state index contributed by atoms with van der Waals surface area (Å²) in [6, 6.07) is 18.6. The molecule has 0 amide bonds. The van der Waals surface area contributed by atoms with E-state index in [4.69, 9.17) is 9.88 Å². The number of methoxy groups -OCH3 is 1. The Bertz CT molecular complexity index is 1020. The smallest absolute Gasteiger partial charge is 0.238 e. The van der Waals surface area contributed by atoms with Crippen molar-refractivity contribution in [3.8, 4) is 28.0 Å². The zero-order chi connectivity index (χ0) is 18.0. The van der Waals surface area contributed by atoms with Crippen molar-refractivity contribution in [2.24, 2.45) is 5.14 Å². The minimum atomic E-state index is -3.74. The van der Waals surface area contributed by atoms with Crippen LogP contribution in [0.4, 0.5) is 4.39 Å². The van der Waals surface area contributed by atoms with Crippen LogP contribution < -0.4 is 9.88 Å². The highest BCUT2D eigenvalue weighted by Gasteiger charge is 2.12. The number of primary sulfonamides is 1. The van der Waals surface area contributed by atoms with E-state index in [1.807, 2.05) is 24.3 Å². The zero-order valence-electron chi connectivity index (χ0n) is 13.4. The fourth-order valence-electron chi connectivity index (χ4n) is 2.64. The number of halogens is 1. The Balaban J connectivity index is 2.11. The first-order valence-corrected chi connectivity index (χ1v) is 9.01. The fraction of sp³-hybridized carbons (Fsp3) is 0.0526. The summed E-state index contributed by atoms with van der Waals surface area (Å²) in [5, 5.41) is 5.14. The van der Waals surface area contributed by atoms with Gasteiger partial charge in [-0.2, -0.15) is 0 Å². The van der Waals surface area contributed by atoms with Crippen LogP contribution in [0.1, 0.15) is 0 Å². The van der Waals surface area contributed by atoms with Crippen LogP contribution in [-0.2, 0) is 10.0 Å². The van der Waals surface area contributed by atoms with E-state index in [-0.39, 0.29) is 10.6 Å². The molecule has 3 rings (SSSR count). The maximum absolute atomic E-state index is 13.7. The lowest BCUT2D eigenvalue weighted by Gasteiger charge is -2.12. The lowest BCUT2D eigenvalue weighted by Crippen LogP contribution is -2.11. The number of hydrogen-bond donors (Lipinski definition) is 1. The predicted molar refractivity (Wildman–Crippen MR) is 95.2 cm³/mol.